The van der Waals surface area contributed by atoms with Crippen LogP contribution in [0, 0.1) is 11.3 Å². The summed E-state index contributed by atoms with van der Waals surface area (Å²) >= 11 is 0. The quantitative estimate of drug-likeness (QED) is 0.0319. The molecular formula is C39H70N10O4. The van der Waals surface area contributed by atoms with Gasteiger partial charge in [0, 0.05) is 25.1 Å². The Morgan fingerprint density at radius 1 is 0.698 bits per heavy atom. The number of amides is 4. The van der Waals surface area contributed by atoms with Crippen molar-refractivity contribution in [1.29, 1.82) is 5.41 Å². The molecule has 0 aliphatic carbocycles. The van der Waals surface area contributed by atoms with Crippen molar-refractivity contribution < 1.29 is 19.2 Å². The summed E-state index contributed by atoms with van der Waals surface area (Å²) in [6.45, 7) is 6.78. The van der Waals surface area contributed by atoms with Crippen molar-refractivity contribution in [2.24, 2.45) is 33.8 Å². The normalized spacial score (nSPS) is 12.7. The Labute approximate surface area is 317 Å². The van der Waals surface area contributed by atoms with Crippen LogP contribution in [0.1, 0.15) is 141 Å². The number of nitrogen functional groups attached to an aromatic ring is 1. The molecular weight excluding hydrogens is 672 g/mol. The van der Waals surface area contributed by atoms with E-state index in [-0.39, 0.29) is 49.0 Å². The van der Waals surface area contributed by atoms with Gasteiger partial charge in [-0.2, -0.15) is 0 Å². The lowest BCUT2D eigenvalue weighted by atomic mass is 10.0. The zero-order chi connectivity index (χ0) is 39.4. The lowest BCUT2D eigenvalue weighted by Crippen LogP contribution is -2.58. The van der Waals surface area contributed by atoms with Gasteiger partial charge in [0.15, 0.2) is 5.96 Å². The predicted octanol–water partition coefficient (Wildman–Crippen LogP) is 3.58. The predicted molar refractivity (Wildman–Crippen MR) is 214 cm³/mol. The van der Waals surface area contributed by atoms with Gasteiger partial charge in [0.25, 0.3) is 0 Å². The number of unbranched alkanes of at least 4 members (excludes halogenated alkanes) is 11. The maximum Gasteiger partial charge on any atom is 0.243 e. The minimum absolute atomic E-state index is 0.0469. The van der Waals surface area contributed by atoms with Crippen molar-refractivity contribution in [1.82, 2.24) is 21.3 Å². The first kappa shape index (κ1) is 46.8. The van der Waals surface area contributed by atoms with Crippen LogP contribution in [0.3, 0.4) is 0 Å². The molecule has 3 atom stereocenters. The molecule has 0 aromatic heterocycles. The SMILES string of the molecule is CCCCCCCCCCCCCC(=O)N[C@@H](CCCN=C(N)N)C(=O)N[C@H](C(=O)N[C@@H](CCCCN)C(=O)NCc1ccc(C(=N)N)cc1)C(C)C. The molecule has 53 heavy (non-hydrogen) atoms. The summed E-state index contributed by atoms with van der Waals surface area (Å²) in [4.78, 5) is 57.5. The molecule has 4 amide bonds. The number of carbonyl (C=O) groups is 4. The fourth-order valence-corrected chi connectivity index (χ4v) is 5.92. The number of carbonyl (C=O) groups excluding carboxylic acids is 4. The van der Waals surface area contributed by atoms with Crippen LogP contribution in [-0.2, 0) is 25.7 Å². The smallest absolute Gasteiger partial charge is 0.243 e. The lowest BCUT2D eigenvalue weighted by Gasteiger charge is -2.27. The summed E-state index contributed by atoms with van der Waals surface area (Å²) in [6.07, 6.45) is 15.6. The monoisotopic (exact) mass is 743 g/mol. The zero-order valence-corrected chi connectivity index (χ0v) is 32.7. The van der Waals surface area contributed by atoms with Gasteiger partial charge in [-0.05, 0) is 56.6 Å². The molecule has 0 unspecified atom stereocenters. The van der Waals surface area contributed by atoms with Crippen LogP contribution < -0.4 is 44.2 Å². The van der Waals surface area contributed by atoms with E-state index >= 15 is 0 Å². The number of guanidine groups is 1. The highest BCUT2D eigenvalue weighted by Gasteiger charge is 2.31. The van der Waals surface area contributed by atoms with Gasteiger partial charge in [-0.1, -0.05) is 109 Å². The summed E-state index contributed by atoms with van der Waals surface area (Å²) in [5, 5.41) is 19.0. The lowest BCUT2D eigenvalue weighted by molar-refractivity contribution is -0.134. The number of rotatable bonds is 30. The summed E-state index contributed by atoms with van der Waals surface area (Å²) in [5.74, 6) is -2.00. The second-order valence-electron chi connectivity index (χ2n) is 14.3. The van der Waals surface area contributed by atoms with Gasteiger partial charge in [0.05, 0.1) is 0 Å². The molecule has 1 aromatic rings. The number of nitrogens with one attached hydrogen (secondary N) is 5. The summed E-state index contributed by atoms with van der Waals surface area (Å²) < 4.78 is 0. The van der Waals surface area contributed by atoms with Crippen LogP contribution in [-0.4, -0.2) is 66.6 Å². The summed E-state index contributed by atoms with van der Waals surface area (Å²) in [6, 6.07) is 4.24. The number of hydrogen-bond acceptors (Lipinski definition) is 7. The van der Waals surface area contributed by atoms with Crippen molar-refractivity contribution >= 4 is 35.4 Å². The fraction of sp³-hybridized carbons (Fsp3) is 0.692. The number of hydrogen-bond donors (Lipinski definition) is 9. The zero-order valence-electron chi connectivity index (χ0n) is 32.7. The van der Waals surface area contributed by atoms with E-state index in [1.165, 1.54) is 44.9 Å². The first-order valence-corrected chi connectivity index (χ1v) is 19.8. The molecule has 13 N–H and O–H groups in total. The van der Waals surface area contributed by atoms with Gasteiger partial charge in [-0.25, -0.2) is 0 Å². The van der Waals surface area contributed by atoms with Gasteiger partial charge in [0.1, 0.15) is 24.0 Å². The van der Waals surface area contributed by atoms with Crippen LogP contribution in [0.2, 0.25) is 0 Å². The Bertz CT molecular complexity index is 1250. The fourth-order valence-electron chi connectivity index (χ4n) is 5.92. The van der Waals surface area contributed by atoms with E-state index in [1.54, 1.807) is 38.1 Å². The second-order valence-corrected chi connectivity index (χ2v) is 14.3. The largest absolute Gasteiger partial charge is 0.384 e. The molecule has 0 saturated carbocycles. The first-order chi connectivity index (χ1) is 25.4. The highest BCUT2D eigenvalue weighted by atomic mass is 16.2. The molecule has 14 nitrogen and oxygen atoms in total. The molecule has 1 rings (SSSR count). The second kappa shape index (κ2) is 28.3. The third kappa shape index (κ3) is 21.8. The molecule has 0 radical (unpaired) electrons. The maximum absolute atomic E-state index is 13.7. The molecule has 300 valence electrons. The number of nitrogens with two attached hydrogens (primary N) is 4. The first-order valence-electron chi connectivity index (χ1n) is 19.8. The summed E-state index contributed by atoms with van der Waals surface area (Å²) in [7, 11) is 0. The van der Waals surface area contributed by atoms with Crippen LogP contribution in [0.4, 0.5) is 0 Å². The molecule has 1 aromatic carbocycles. The average Bonchev–Trinajstić information content (AvgIpc) is 3.12. The van der Waals surface area contributed by atoms with E-state index in [9.17, 15) is 19.2 Å². The van der Waals surface area contributed by atoms with Gasteiger partial charge in [-0.3, -0.25) is 29.6 Å². The topological polar surface area (TPSA) is 257 Å². The molecule has 0 aliphatic heterocycles. The molecule has 0 spiro atoms. The van der Waals surface area contributed by atoms with Crippen LogP contribution in [0.5, 0.6) is 0 Å². The van der Waals surface area contributed by atoms with Gasteiger partial charge < -0.3 is 44.2 Å². The molecule has 0 saturated heterocycles. The Kier molecular flexibility index (Phi) is 25.0. The van der Waals surface area contributed by atoms with Gasteiger partial charge in [-0.15, -0.1) is 0 Å². The third-order valence-corrected chi connectivity index (χ3v) is 9.16. The van der Waals surface area contributed by atoms with E-state index in [4.69, 9.17) is 28.3 Å². The highest BCUT2D eigenvalue weighted by molar-refractivity contribution is 5.95. The maximum atomic E-state index is 13.7. The standard InChI is InChI=1S/C39H70N10O4/c1-4-5-6-7-8-9-10-11-12-13-14-20-33(50)47-32(19-17-26-45-39(43)44)37(52)49-34(28(2)3)38(53)48-31(18-15-16-25-40)36(51)46-27-29-21-23-30(24-22-29)35(41)42/h21-24,28,31-32,34H,4-20,25-27,40H2,1-3H3,(H3,41,42)(H,46,51)(H,47,50)(H,48,53)(H,49,52)(H4,43,44,45)/t31-,32-,34-/m0/s1. The van der Waals surface area contributed by atoms with Crippen LogP contribution >= 0.6 is 0 Å². The Morgan fingerprint density at radius 2 is 1.26 bits per heavy atom. The minimum atomic E-state index is -0.963. The van der Waals surface area contributed by atoms with Crippen molar-refractivity contribution in [3.05, 3.63) is 35.4 Å². The number of aliphatic imine (C=N–C) groups is 1. The average molecular weight is 743 g/mol. The van der Waals surface area contributed by atoms with Crippen LogP contribution in [0.15, 0.2) is 29.3 Å². The highest BCUT2D eigenvalue weighted by Crippen LogP contribution is 2.13. The Balaban J connectivity index is 2.84. The van der Waals surface area contributed by atoms with E-state index < -0.39 is 29.9 Å². The third-order valence-electron chi connectivity index (χ3n) is 9.16. The summed E-state index contributed by atoms with van der Waals surface area (Å²) in [5.41, 5.74) is 23.5. The van der Waals surface area contributed by atoms with Crippen molar-refractivity contribution in [3.8, 4) is 0 Å². The number of benzene rings is 1. The van der Waals surface area contributed by atoms with Crippen LogP contribution in [0.25, 0.3) is 0 Å². The minimum Gasteiger partial charge on any atom is -0.384 e. The Morgan fingerprint density at radius 3 is 1.81 bits per heavy atom. The van der Waals surface area contributed by atoms with Crippen molar-refractivity contribution in [3.63, 3.8) is 0 Å². The van der Waals surface area contributed by atoms with Gasteiger partial charge >= 0.3 is 0 Å². The molecule has 0 heterocycles. The van der Waals surface area contributed by atoms with Gasteiger partial charge in [0.2, 0.25) is 23.6 Å². The van der Waals surface area contributed by atoms with Crippen molar-refractivity contribution in [2.75, 3.05) is 13.1 Å². The molecule has 0 fully saturated rings. The van der Waals surface area contributed by atoms with E-state index in [2.05, 4.69) is 33.2 Å². The van der Waals surface area contributed by atoms with E-state index in [1.807, 2.05) is 0 Å². The number of amidine groups is 1. The molecule has 14 heteroatoms. The molecule has 0 aliphatic rings. The Hall–Kier alpha value is -4.20. The van der Waals surface area contributed by atoms with Crippen molar-refractivity contribution in [2.45, 2.75) is 155 Å². The van der Waals surface area contributed by atoms with E-state index in [0.29, 0.717) is 44.2 Å². The molecule has 0 bridgehead atoms. The number of nitrogens with zero attached hydrogens (tertiary/aromatic N) is 1. The van der Waals surface area contributed by atoms with E-state index in [0.717, 1.165) is 31.2 Å².